The van der Waals surface area contributed by atoms with Gasteiger partial charge in [0.1, 0.15) is 0 Å². The first-order chi connectivity index (χ1) is 6.79. The zero-order chi connectivity index (χ0) is 9.71. The van der Waals surface area contributed by atoms with Crippen molar-refractivity contribution >= 4 is 29.2 Å². The van der Waals surface area contributed by atoms with Gasteiger partial charge in [0.2, 0.25) is 0 Å². The van der Waals surface area contributed by atoms with Gasteiger partial charge in [0.15, 0.2) is 0 Å². The van der Waals surface area contributed by atoms with E-state index in [0.717, 1.165) is 16.2 Å². The van der Waals surface area contributed by atoms with Gasteiger partial charge in [0.25, 0.3) is 0 Å². The van der Waals surface area contributed by atoms with Crippen molar-refractivity contribution in [2.75, 3.05) is 0 Å². The Kier molecular flexibility index (Phi) is 1.30. The van der Waals surface area contributed by atoms with Crippen molar-refractivity contribution < 1.29 is 0 Å². The summed E-state index contributed by atoms with van der Waals surface area (Å²) in [6.07, 6.45) is 1.64. The zero-order valence-electron chi connectivity index (χ0n) is 7.32. The molecule has 0 unspecified atom stereocenters. The molecule has 3 heteroatoms. The third kappa shape index (κ3) is 0.745. The summed E-state index contributed by atoms with van der Waals surface area (Å²) >= 11 is 0. The fourth-order valence-electron chi connectivity index (χ4n) is 1.88. The molecule has 0 N–H and O–H groups in total. The predicted molar refractivity (Wildman–Crippen MR) is 56.9 cm³/mol. The van der Waals surface area contributed by atoms with Crippen LogP contribution >= 0.6 is 0 Å². The summed E-state index contributed by atoms with van der Waals surface area (Å²) in [5, 5.41) is 3.03. The van der Waals surface area contributed by atoms with E-state index >= 15 is 0 Å². The summed E-state index contributed by atoms with van der Waals surface area (Å²) in [4.78, 5) is 15.7. The first kappa shape index (κ1) is 7.62. The molecule has 0 aliphatic heterocycles. The van der Waals surface area contributed by atoms with E-state index in [1.165, 1.54) is 0 Å². The molecule has 63 valence electrons. The molecule has 0 bridgehead atoms. The molecule has 0 aliphatic rings. The Morgan fingerprint density at radius 3 is 2.93 bits per heavy atom. The van der Waals surface area contributed by atoms with Gasteiger partial charge >= 0.3 is 79.9 Å². The van der Waals surface area contributed by atoms with Crippen molar-refractivity contribution in [3.63, 3.8) is 0 Å². The summed E-state index contributed by atoms with van der Waals surface area (Å²) in [6.45, 7) is 0. The third-order valence-corrected chi connectivity index (χ3v) is 2.54. The summed E-state index contributed by atoms with van der Waals surface area (Å²) in [5.74, 6) is 0. The van der Waals surface area contributed by atoms with Gasteiger partial charge < -0.3 is 0 Å². The Balaban J connectivity index is 2.91. The number of rotatable bonds is 0. The fraction of sp³-hybridized carbons (Fsp3) is 0. The molecule has 3 rings (SSSR count). The van der Waals surface area contributed by atoms with E-state index in [0.29, 0.717) is 10.6 Å². The SMILES string of the molecule is [B]=c1c(=O)c2nccc3cccc1c32. The number of pyridine rings is 1. The van der Waals surface area contributed by atoms with E-state index in [2.05, 4.69) is 4.98 Å². The van der Waals surface area contributed by atoms with Crippen molar-refractivity contribution in [3.05, 3.63) is 45.8 Å². The molecule has 0 spiro atoms. The molecule has 1 heterocycles. The normalized spacial score (nSPS) is 11.4. The van der Waals surface area contributed by atoms with Gasteiger partial charge in [-0.15, -0.1) is 0 Å². The standard InChI is InChI=1S/C11H5BNO/c12-9-7-3-1-2-6-4-5-13-10(8(6)7)11(9)14/h1-5H. The molecular formula is C11H5BNO. The van der Waals surface area contributed by atoms with E-state index < -0.39 is 0 Å². The van der Waals surface area contributed by atoms with Crippen LogP contribution in [0.15, 0.2) is 35.3 Å². The molecule has 0 atom stereocenters. The monoisotopic (exact) mass is 178 g/mol. The van der Waals surface area contributed by atoms with Crippen LogP contribution in [0.5, 0.6) is 0 Å². The van der Waals surface area contributed by atoms with E-state index in [9.17, 15) is 4.79 Å². The number of benzene rings is 1. The van der Waals surface area contributed by atoms with Crippen molar-refractivity contribution in [2.24, 2.45) is 0 Å². The molecule has 1 aromatic heterocycles. The van der Waals surface area contributed by atoms with Gasteiger partial charge in [-0.3, -0.25) is 0 Å². The van der Waals surface area contributed by atoms with Crippen LogP contribution in [0.2, 0.25) is 0 Å². The molecule has 0 saturated carbocycles. The Hall–Kier alpha value is -1.77. The van der Waals surface area contributed by atoms with Gasteiger partial charge in [-0.25, -0.2) is 0 Å². The summed E-state index contributed by atoms with van der Waals surface area (Å²) in [6, 6.07) is 7.59. The van der Waals surface area contributed by atoms with E-state index in [-0.39, 0.29) is 5.43 Å². The van der Waals surface area contributed by atoms with Crippen LogP contribution < -0.4 is 5.43 Å². The van der Waals surface area contributed by atoms with Crippen molar-refractivity contribution in [1.29, 1.82) is 0 Å². The number of aromatic nitrogens is 1. The van der Waals surface area contributed by atoms with Crippen molar-refractivity contribution in [2.45, 2.75) is 0 Å². The summed E-state index contributed by atoms with van der Waals surface area (Å²) in [5.41, 5.74) is 0.326. The van der Waals surface area contributed by atoms with Crippen LogP contribution in [0.4, 0.5) is 0 Å². The van der Waals surface area contributed by atoms with Crippen LogP contribution in [0.25, 0.3) is 21.7 Å². The van der Waals surface area contributed by atoms with Gasteiger partial charge in [0.05, 0.1) is 0 Å². The topological polar surface area (TPSA) is 30.0 Å². The fourth-order valence-corrected chi connectivity index (χ4v) is 1.88. The molecular weight excluding hydrogens is 173 g/mol. The van der Waals surface area contributed by atoms with Crippen LogP contribution in [-0.2, 0) is 0 Å². The van der Waals surface area contributed by atoms with Crippen LogP contribution in [-0.4, -0.2) is 12.5 Å². The van der Waals surface area contributed by atoms with Crippen molar-refractivity contribution in [3.8, 4) is 0 Å². The second kappa shape index (κ2) is 2.38. The number of hydrogen-bond acceptors (Lipinski definition) is 2. The van der Waals surface area contributed by atoms with Crippen LogP contribution in [0.1, 0.15) is 0 Å². The molecule has 2 nitrogen and oxygen atoms in total. The Morgan fingerprint density at radius 1 is 1.21 bits per heavy atom. The minimum atomic E-state index is -0.156. The van der Waals surface area contributed by atoms with E-state index in [4.69, 9.17) is 7.49 Å². The maximum atomic E-state index is 11.7. The van der Waals surface area contributed by atoms with Gasteiger partial charge in [0, 0.05) is 0 Å². The van der Waals surface area contributed by atoms with E-state index in [1.54, 1.807) is 6.20 Å². The van der Waals surface area contributed by atoms with Crippen LogP contribution in [0, 0.1) is 5.11 Å². The van der Waals surface area contributed by atoms with Gasteiger partial charge in [-0.05, 0) is 0 Å². The first-order valence-electron chi connectivity index (χ1n) is 4.34. The number of nitrogens with zero attached hydrogens (tertiary/aromatic N) is 1. The average molecular weight is 178 g/mol. The molecule has 14 heavy (non-hydrogen) atoms. The molecule has 1 radical (unpaired) electrons. The Morgan fingerprint density at radius 2 is 2.07 bits per heavy atom. The zero-order valence-corrected chi connectivity index (χ0v) is 7.32. The minimum absolute atomic E-state index is 0.156. The Bertz CT molecular complexity index is 664. The van der Waals surface area contributed by atoms with Gasteiger partial charge in [-0.2, -0.15) is 0 Å². The quantitative estimate of drug-likeness (QED) is 0.486. The maximum absolute atomic E-state index is 11.7. The number of hydrogen-bond donors (Lipinski definition) is 0. The predicted octanol–water partition coefficient (Wildman–Crippen LogP) is 1.32. The Labute approximate surface area is 80.6 Å². The second-order valence-electron chi connectivity index (χ2n) is 3.31. The van der Waals surface area contributed by atoms with Gasteiger partial charge in [-0.1, -0.05) is 0 Å². The molecule has 2 aromatic carbocycles. The second-order valence-corrected chi connectivity index (χ2v) is 3.31. The molecule has 0 aliphatic carbocycles. The molecule has 0 fully saturated rings. The van der Waals surface area contributed by atoms with E-state index in [1.807, 2.05) is 24.3 Å². The molecule has 0 amide bonds. The average Bonchev–Trinajstić information content (AvgIpc) is 2.47. The molecule has 0 saturated heterocycles. The van der Waals surface area contributed by atoms with Crippen LogP contribution in [0.3, 0.4) is 0 Å². The first-order valence-corrected chi connectivity index (χ1v) is 4.34. The van der Waals surface area contributed by atoms with Crippen molar-refractivity contribution in [1.82, 2.24) is 4.98 Å². The summed E-state index contributed by atoms with van der Waals surface area (Å²) < 4.78 is 0. The summed E-state index contributed by atoms with van der Waals surface area (Å²) in [7, 11) is 5.71. The third-order valence-electron chi connectivity index (χ3n) is 2.54. The molecule has 3 aromatic rings.